The maximum absolute atomic E-state index is 12.7. The maximum atomic E-state index is 12.7. The third kappa shape index (κ3) is 6.32. The lowest BCUT2D eigenvalue weighted by Gasteiger charge is -2.14. The summed E-state index contributed by atoms with van der Waals surface area (Å²) in [6.45, 7) is 5.92. The lowest BCUT2D eigenvalue weighted by atomic mass is 10.1. The number of nitrogens with one attached hydrogen (secondary N) is 2. The first-order valence-corrected chi connectivity index (χ1v) is 10.2. The Morgan fingerprint density at radius 2 is 2.03 bits per heavy atom. The van der Waals surface area contributed by atoms with Gasteiger partial charge in [-0.2, -0.15) is 0 Å². The third-order valence-corrected chi connectivity index (χ3v) is 4.73. The molecule has 0 unspecified atom stereocenters. The Morgan fingerprint density at radius 3 is 2.72 bits per heavy atom. The summed E-state index contributed by atoms with van der Waals surface area (Å²) in [4.78, 5) is 17.3. The average molecular weight is 396 g/mol. The third-order valence-electron chi connectivity index (χ3n) is 4.73. The van der Waals surface area contributed by atoms with Crippen molar-refractivity contribution in [3.8, 4) is 5.75 Å². The molecule has 1 aliphatic rings. The summed E-state index contributed by atoms with van der Waals surface area (Å²) in [5.74, 6) is 0.941. The zero-order chi connectivity index (χ0) is 20.5. The number of nitrogens with zero attached hydrogens (tertiary/aromatic N) is 1. The second-order valence-electron chi connectivity index (χ2n) is 6.91. The van der Waals surface area contributed by atoms with Crippen molar-refractivity contribution < 1.29 is 14.3 Å². The van der Waals surface area contributed by atoms with Crippen molar-refractivity contribution in [3.63, 3.8) is 0 Å². The van der Waals surface area contributed by atoms with E-state index in [0.29, 0.717) is 24.7 Å². The Bertz CT molecular complexity index is 828. The molecule has 2 N–H and O–H groups in total. The molecule has 0 saturated carbocycles. The Balaban J connectivity index is 1.72. The summed E-state index contributed by atoms with van der Waals surface area (Å²) in [5.41, 5.74) is 2.65. The van der Waals surface area contributed by atoms with Crippen molar-refractivity contribution in [1.82, 2.24) is 5.32 Å². The number of aryl methyl sites for hydroxylation is 1. The highest BCUT2D eigenvalue weighted by molar-refractivity contribution is 6.10. The van der Waals surface area contributed by atoms with Crippen molar-refractivity contribution in [2.45, 2.75) is 39.2 Å². The number of ether oxygens (including phenoxy) is 2. The number of anilines is 1. The summed E-state index contributed by atoms with van der Waals surface area (Å²) in [6, 6.07) is 15.2. The first-order valence-electron chi connectivity index (χ1n) is 10.2. The van der Waals surface area contributed by atoms with Crippen molar-refractivity contribution in [3.05, 3.63) is 59.7 Å². The minimum absolute atomic E-state index is 0.108. The van der Waals surface area contributed by atoms with Crippen LogP contribution >= 0.6 is 0 Å². The first-order chi connectivity index (χ1) is 14.2. The van der Waals surface area contributed by atoms with E-state index in [1.165, 1.54) is 5.56 Å². The Kier molecular flexibility index (Phi) is 7.64. The topological polar surface area (TPSA) is 72.0 Å². The number of hydrogen-bond acceptors (Lipinski definition) is 4. The molecule has 6 nitrogen and oxygen atoms in total. The van der Waals surface area contributed by atoms with Gasteiger partial charge in [0, 0.05) is 17.9 Å². The highest BCUT2D eigenvalue weighted by atomic mass is 16.5. The van der Waals surface area contributed by atoms with Gasteiger partial charge in [0.15, 0.2) is 0 Å². The second kappa shape index (κ2) is 10.6. The fourth-order valence-corrected chi connectivity index (χ4v) is 3.15. The maximum Gasteiger partial charge on any atom is 0.257 e. The molecular formula is C23H29N3O3. The van der Waals surface area contributed by atoms with Crippen LogP contribution in [0.2, 0.25) is 0 Å². The van der Waals surface area contributed by atoms with Gasteiger partial charge in [-0.15, -0.1) is 0 Å². The number of benzene rings is 2. The Morgan fingerprint density at radius 1 is 1.21 bits per heavy atom. The minimum atomic E-state index is -0.224. The van der Waals surface area contributed by atoms with Gasteiger partial charge in [-0.1, -0.05) is 19.1 Å². The van der Waals surface area contributed by atoms with Crippen molar-refractivity contribution in [1.29, 1.82) is 0 Å². The Labute approximate surface area is 172 Å². The van der Waals surface area contributed by atoms with E-state index in [2.05, 4.69) is 34.7 Å². The fraction of sp³-hybridized carbons (Fsp3) is 0.391. The van der Waals surface area contributed by atoms with Crippen LogP contribution in [0, 0.1) is 0 Å². The van der Waals surface area contributed by atoms with Crippen LogP contribution in [0.25, 0.3) is 0 Å². The molecule has 3 rings (SSSR count). The van der Waals surface area contributed by atoms with E-state index < -0.39 is 0 Å². The molecule has 0 aromatic heterocycles. The highest BCUT2D eigenvalue weighted by Gasteiger charge is 2.16. The molecule has 29 heavy (non-hydrogen) atoms. The molecule has 154 valence electrons. The number of aliphatic imine (C=N–C) groups is 1. The normalized spacial score (nSPS) is 16.5. The van der Waals surface area contributed by atoms with E-state index in [1.807, 2.05) is 19.1 Å². The molecular weight excluding hydrogens is 366 g/mol. The molecule has 1 fully saturated rings. The van der Waals surface area contributed by atoms with Crippen molar-refractivity contribution in [2.75, 3.05) is 25.1 Å². The van der Waals surface area contributed by atoms with Gasteiger partial charge in [0.1, 0.15) is 5.75 Å². The summed E-state index contributed by atoms with van der Waals surface area (Å²) in [6.07, 6.45) is 3.10. The van der Waals surface area contributed by atoms with Crippen LogP contribution in [0.5, 0.6) is 5.75 Å². The van der Waals surface area contributed by atoms with E-state index in [0.717, 1.165) is 37.3 Å². The number of carbonyl (C=O) groups excluding carboxylic acids is 1. The molecule has 2 aromatic rings. The van der Waals surface area contributed by atoms with Crippen LogP contribution < -0.4 is 15.4 Å². The van der Waals surface area contributed by atoms with Crippen LogP contribution in [0.1, 0.15) is 42.6 Å². The van der Waals surface area contributed by atoms with Gasteiger partial charge in [0.05, 0.1) is 19.3 Å². The summed E-state index contributed by atoms with van der Waals surface area (Å²) >= 11 is 0. The van der Waals surface area contributed by atoms with Crippen LogP contribution in [0.3, 0.4) is 0 Å². The fourth-order valence-electron chi connectivity index (χ4n) is 3.15. The molecule has 0 radical (unpaired) electrons. The smallest absolute Gasteiger partial charge is 0.257 e. The zero-order valence-electron chi connectivity index (χ0n) is 17.1. The van der Waals surface area contributed by atoms with E-state index in [9.17, 15) is 4.79 Å². The quantitative estimate of drug-likeness (QED) is 0.549. The predicted octanol–water partition coefficient (Wildman–Crippen LogP) is 4.02. The van der Waals surface area contributed by atoms with Gasteiger partial charge in [0.2, 0.25) is 5.96 Å². The van der Waals surface area contributed by atoms with Gasteiger partial charge < -0.3 is 14.8 Å². The first kappa shape index (κ1) is 20.9. The highest BCUT2D eigenvalue weighted by Crippen LogP contribution is 2.15. The van der Waals surface area contributed by atoms with E-state index in [-0.39, 0.29) is 12.0 Å². The summed E-state index contributed by atoms with van der Waals surface area (Å²) < 4.78 is 11.1. The predicted molar refractivity (Wildman–Crippen MR) is 116 cm³/mol. The molecule has 1 saturated heterocycles. The number of amides is 1. The molecule has 6 heteroatoms. The van der Waals surface area contributed by atoms with Gasteiger partial charge in [-0.3, -0.25) is 10.1 Å². The van der Waals surface area contributed by atoms with Crippen LogP contribution in [-0.4, -0.2) is 37.7 Å². The Hall–Kier alpha value is -2.86. The second-order valence-corrected chi connectivity index (χ2v) is 6.91. The van der Waals surface area contributed by atoms with Gasteiger partial charge in [-0.25, -0.2) is 4.99 Å². The molecule has 0 spiro atoms. The van der Waals surface area contributed by atoms with Gasteiger partial charge in [0.25, 0.3) is 5.91 Å². The van der Waals surface area contributed by atoms with E-state index in [4.69, 9.17) is 9.47 Å². The number of hydrogen-bond donors (Lipinski definition) is 2. The lowest BCUT2D eigenvalue weighted by molar-refractivity contribution is 0.0975. The largest absolute Gasteiger partial charge is 0.494 e. The molecule has 1 aliphatic heterocycles. The minimum Gasteiger partial charge on any atom is -0.494 e. The number of guanidine groups is 1. The number of carbonyl (C=O) groups is 1. The lowest BCUT2D eigenvalue weighted by Crippen LogP contribution is -2.36. The van der Waals surface area contributed by atoms with Crippen molar-refractivity contribution >= 4 is 17.6 Å². The standard InChI is InChI=1S/C23H29N3O3/c1-3-17-7-5-8-19(15-17)25-23(24-16-21-9-6-14-29-21)26-22(27)18-10-12-20(13-11-18)28-4-2/h5,7-8,10-13,15,21H,3-4,6,9,14,16H2,1-2H3,(H2,24,25,26,27)/t21-/m0/s1. The van der Waals surface area contributed by atoms with E-state index in [1.54, 1.807) is 24.3 Å². The molecule has 1 atom stereocenters. The zero-order valence-corrected chi connectivity index (χ0v) is 17.1. The van der Waals surface area contributed by atoms with E-state index >= 15 is 0 Å². The van der Waals surface area contributed by atoms with Gasteiger partial charge >= 0.3 is 0 Å². The van der Waals surface area contributed by atoms with Crippen molar-refractivity contribution in [2.24, 2.45) is 4.99 Å². The monoisotopic (exact) mass is 395 g/mol. The number of rotatable bonds is 7. The van der Waals surface area contributed by atoms with Gasteiger partial charge in [-0.05, 0) is 68.1 Å². The van der Waals surface area contributed by atoms with Crippen LogP contribution in [-0.2, 0) is 11.2 Å². The average Bonchev–Trinajstić information content (AvgIpc) is 3.26. The SMILES string of the molecule is CCOc1ccc(C(=O)NC(=NC[C@@H]2CCCO2)Nc2cccc(CC)c2)cc1. The molecule has 2 aromatic carbocycles. The molecule has 0 aliphatic carbocycles. The van der Waals surface area contributed by atoms with Crippen LogP contribution in [0.15, 0.2) is 53.5 Å². The molecule has 1 amide bonds. The molecule has 0 bridgehead atoms. The van der Waals surface area contributed by atoms with Crippen LogP contribution in [0.4, 0.5) is 5.69 Å². The molecule has 1 heterocycles. The summed E-state index contributed by atoms with van der Waals surface area (Å²) in [7, 11) is 0. The summed E-state index contributed by atoms with van der Waals surface area (Å²) in [5, 5.41) is 6.15.